The highest BCUT2D eigenvalue weighted by atomic mass is 19.2. The van der Waals surface area contributed by atoms with Gasteiger partial charge >= 0.3 is 0 Å². The van der Waals surface area contributed by atoms with Crippen LogP contribution >= 0.6 is 0 Å². The first-order chi connectivity index (χ1) is 7.25. The van der Waals surface area contributed by atoms with Crippen molar-refractivity contribution in [2.45, 2.75) is 18.9 Å². The maximum Gasteiger partial charge on any atom is 0.162 e. The molecule has 2 rings (SSSR count). The van der Waals surface area contributed by atoms with Gasteiger partial charge in [-0.25, -0.2) is 8.78 Å². The summed E-state index contributed by atoms with van der Waals surface area (Å²) in [5, 5.41) is 3.26. The Morgan fingerprint density at radius 2 is 2.20 bits per heavy atom. The van der Waals surface area contributed by atoms with Crippen LogP contribution in [0.1, 0.15) is 12.8 Å². The number of rotatable bonds is 3. The van der Waals surface area contributed by atoms with Crippen molar-refractivity contribution in [3.05, 3.63) is 29.8 Å². The second-order valence-corrected chi connectivity index (χ2v) is 3.68. The number of hydrogen-bond donors (Lipinski definition) is 1. The summed E-state index contributed by atoms with van der Waals surface area (Å²) in [6, 6.07) is 3.92. The molecule has 0 unspecified atom stereocenters. The van der Waals surface area contributed by atoms with Gasteiger partial charge in [-0.2, -0.15) is 0 Å². The maximum absolute atomic E-state index is 12.8. The molecule has 0 aliphatic carbocycles. The molecule has 1 aliphatic rings. The van der Waals surface area contributed by atoms with Crippen LogP contribution in [0.25, 0.3) is 0 Å². The zero-order valence-corrected chi connectivity index (χ0v) is 8.30. The van der Waals surface area contributed by atoms with E-state index < -0.39 is 11.6 Å². The van der Waals surface area contributed by atoms with Crippen molar-refractivity contribution in [1.82, 2.24) is 5.32 Å². The Kier molecular flexibility index (Phi) is 3.16. The normalized spacial score (nSPS) is 20.5. The van der Waals surface area contributed by atoms with Crippen LogP contribution in [0.2, 0.25) is 0 Å². The van der Waals surface area contributed by atoms with Crippen LogP contribution in [-0.4, -0.2) is 19.2 Å². The first-order valence-corrected chi connectivity index (χ1v) is 5.07. The van der Waals surface area contributed by atoms with Crippen molar-refractivity contribution < 1.29 is 13.5 Å². The average Bonchev–Trinajstić information content (AvgIpc) is 2.73. The summed E-state index contributed by atoms with van der Waals surface area (Å²) in [6.07, 6.45) is 2.22. The molecule has 0 amide bonds. The van der Waals surface area contributed by atoms with Gasteiger partial charge < -0.3 is 10.1 Å². The third kappa shape index (κ3) is 2.65. The molecule has 1 N–H and O–H groups in total. The van der Waals surface area contributed by atoms with Crippen LogP contribution in [0.15, 0.2) is 18.2 Å². The minimum atomic E-state index is -0.869. The van der Waals surface area contributed by atoms with Gasteiger partial charge in [0, 0.05) is 12.1 Å². The van der Waals surface area contributed by atoms with Crippen molar-refractivity contribution in [2.75, 3.05) is 13.2 Å². The van der Waals surface area contributed by atoms with Gasteiger partial charge in [0.25, 0.3) is 0 Å². The van der Waals surface area contributed by atoms with Crippen LogP contribution < -0.4 is 10.1 Å². The Morgan fingerprint density at radius 3 is 2.87 bits per heavy atom. The minimum Gasteiger partial charge on any atom is -0.492 e. The molecule has 0 aromatic heterocycles. The third-order valence-corrected chi connectivity index (χ3v) is 2.50. The molecule has 0 bridgehead atoms. The largest absolute Gasteiger partial charge is 0.492 e. The minimum absolute atomic E-state index is 0.332. The van der Waals surface area contributed by atoms with E-state index in [0.717, 1.165) is 31.5 Å². The number of nitrogens with one attached hydrogen (secondary N) is 1. The molecule has 1 atom stereocenters. The molecular formula is C11H13F2NO. The quantitative estimate of drug-likeness (QED) is 0.830. The van der Waals surface area contributed by atoms with Crippen LogP contribution in [0, 0.1) is 11.6 Å². The van der Waals surface area contributed by atoms with Crippen molar-refractivity contribution >= 4 is 0 Å². The maximum atomic E-state index is 12.8. The monoisotopic (exact) mass is 213 g/mol. The van der Waals surface area contributed by atoms with E-state index in [0.29, 0.717) is 18.4 Å². The summed E-state index contributed by atoms with van der Waals surface area (Å²) < 4.78 is 30.8. The SMILES string of the molecule is Fc1ccc(OC[C@@H]2CCCN2)cc1F. The second kappa shape index (κ2) is 4.57. The Bertz CT molecular complexity index is 337. The zero-order chi connectivity index (χ0) is 10.7. The summed E-state index contributed by atoms with van der Waals surface area (Å²) in [7, 11) is 0. The molecule has 1 aromatic carbocycles. The molecule has 1 aromatic rings. The van der Waals surface area contributed by atoms with E-state index in [1.54, 1.807) is 0 Å². The van der Waals surface area contributed by atoms with Gasteiger partial charge in [0.05, 0.1) is 0 Å². The number of benzene rings is 1. The van der Waals surface area contributed by atoms with Gasteiger partial charge in [0.15, 0.2) is 11.6 Å². The van der Waals surface area contributed by atoms with Crippen LogP contribution in [0.3, 0.4) is 0 Å². The Hall–Kier alpha value is -1.16. The Morgan fingerprint density at radius 1 is 1.33 bits per heavy atom. The molecule has 15 heavy (non-hydrogen) atoms. The van der Waals surface area contributed by atoms with E-state index >= 15 is 0 Å². The van der Waals surface area contributed by atoms with Crippen LogP contribution in [0.4, 0.5) is 8.78 Å². The summed E-state index contributed by atoms with van der Waals surface area (Å²) in [5.41, 5.74) is 0. The fourth-order valence-electron chi connectivity index (χ4n) is 1.66. The highest BCUT2D eigenvalue weighted by molar-refractivity contribution is 5.23. The lowest BCUT2D eigenvalue weighted by atomic mass is 10.2. The van der Waals surface area contributed by atoms with Gasteiger partial charge in [-0.15, -0.1) is 0 Å². The van der Waals surface area contributed by atoms with Gasteiger partial charge in [-0.3, -0.25) is 0 Å². The van der Waals surface area contributed by atoms with E-state index in [1.165, 1.54) is 6.07 Å². The fraction of sp³-hybridized carbons (Fsp3) is 0.455. The molecule has 0 spiro atoms. The predicted molar refractivity (Wildman–Crippen MR) is 52.9 cm³/mol. The highest BCUT2D eigenvalue weighted by Crippen LogP contribution is 2.16. The summed E-state index contributed by atoms with van der Waals surface area (Å²) in [4.78, 5) is 0. The Balaban J connectivity index is 1.90. The smallest absolute Gasteiger partial charge is 0.162 e. The molecule has 0 saturated carbocycles. The molecule has 1 saturated heterocycles. The van der Waals surface area contributed by atoms with E-state index in [9.17, 15) is 8.78 Å². The lowest BCUT2D eigenvalue weighted by Gasteiger charge is -2.11. The third-order valence-electron chi connectivity index (χ3n) is 2.50. The van der Waals surface area contributed by atoms with Crippen molar-refractivity contribution in [2.24, 2.45) is 0 Å². The molecule has 1 heterocycles. The summed E-state index contributed by atoms with van der Waals surface area (Å²) in [6.45, 7) is 1.51. The van der Waals surface area contributed by atoms with Crippen molar-refractivity contribution in [3.8, 4) is 5.75 Å². The first kappa shape index (κ1) is 10.4. The summed E-state index contributed by atoms with van der Waals surface area (Å²) in [5.74, 6) is -1.34. The summed E-state index contributed by atoms with van der Waals surface area (Å²) >= 11 is 0. The predicted octanol–water partition coefficient (Wildman–Crippen LogP) is 2.10. The van der Waals surface area contributed by atoms with Crippen LogP contribution in [0.5, 0.6) is 5.75 Å². The molecule has 0 radical (unpaired) electrons. The van der Waals surface area contributed by atoms with Gasteiger partial charge in [-0.05, 0) is 31.5 Å². The highest BCUT2D eigenvalue weighted by Gasteiger charge is 2.14. The van der Waals surface area contributed by atoms with Crippen molar-refractivity contribution in [1.29, 1.82) is 0 Å². The molecule has 1 aliphatic heterocycles. The lowest BCUT2D eigenvalue weighted by Crippen LogP contribution is -2.28. The molecule has 2 nitrogen and oxygen atoms in total. The average molecular weight is 213 g/mol. The van der Waals surface area contributed by atoms with Crippen LogP contribution in [-0.2, 0) is 0 Å². The number of ether oxygens (including phenoxy) is 1. The second-order valence-electron chi connectivity index (χ2n) is 3.68. The standard InChI is InChI=1S/C11H13F2NO/c12-10-4-3-9(6-11(10)13)15-7-8-2-1-5-14-8/h3-4,6,8,14H,1-2,5,7H2/t8-/m0/s1. The molecule has 82 valence electrons. The molecular weight excluding hydrogens is 200 g/mol. The number of hydrogen-bond acceptors (Lipinski definition) is 2. The lowest BCUT2D eigenvalue weighted by molar-refractivity contribution is 0.275. The van der Waals surface area contributed by atoms with E-state index in [4.69, 9.17) is 4.74 Å². The number of halogens is 2. The molecule has 4 heteroatoms. The van der Waals surface area contributed by atoms with E-state index in [1.807, 2.05) is 0 Å². The van der Waals surface area contributed by atoms with E-state index in [2.05, 4.69) is 5.32 Å². The fourth-order valence-corrected chi connectivity index (χ4v) is 1.66. The van der Waals surface area contributed by atoms with Gasteiger partial charge in [0.1, 0.15) is 12.4 Å². The first-order valence-electron chi connectivity index (χ1n) is 5.07. The van der Waals surface area contributed by atoms with Gasteiger partial charge in [-0.1, -0.05) is 0 Å². The van der Waals surface area contributed by atoms with E-state index in [-0.39, 0.29) is 0 Å². The van der Waals surface area contributed by atoms with Crippen molar-refractivity contribution in [3.63, 3.8) is 0 Å². The zero-order valence-electron chi connectivity index (χ0n) is 8.30. The topological polar surface area (TPSA) is 21.3 Å². The molecule has 1 fully saturated rings. The Labute approximate surface area is 87.2 Å². The van der Waals surface area contributed by atoms with Gasteiger partial charge in [0.2, 0.25) is 0 Å².